The van der Waals surface area contributed by atoms with Gasteiger partial charge in [0.1, 0.15) is 11.6 Å². The molecule has 0 fully saturated rings. The minimum absolute atomic E-state index is 0.165. The van der Waals surface area contributed by atoms with Gasteiger partial charge in [0.05, 0.1) is 25.1 Å². The summed E-state index contributed by atoms with van der Waals surface area (Å²) in [7, 11) is 1.60. The lowest BCUT2D eigenvalue weighted by atomic mass is 9.97. The molecule has 0 radical (unpaired) electrons. The molecule has 1 aliphatic heterocycles. The monoisotopic (exact) mass is 555 g/mol. The van der Waals surface area contributed by atoms with Crippen LogP contribution in [-0.2, 0) is 19.5 Å². The van der Waals surface area contributed by atoms with Crippen molar-refractivity contribution in [1.82, 2.24) is 24.6 Å². The van der Waals surface area contributed by atoms with Gasteiger partial charge in [0.2, 0.25) is 0 Å². The zero-order chi connectivity index (χ0) is 29.3. The quantitative estimate of drug-likeness (QED) is 0.306. The largest absolute Gasteiger partial charge is 0.493 e. The van der Waals surface area contributed by atoms with Gasteiger partial charge in [-0.15, -0.1) is 0 Å². The van der Waals surface area contributed by atoms with E-state index in [9.17, 15) is 9.59 Å². The molecule has 3 heterocycles. The van der Waals surface area contributed by atoms with Crippen LogP contribution in [0.25, 0.3) is 11.3 Å². The molecular weight excluding hydrogens is 522 g/mol. The van der Waals surface area contributed by atoms with E-state index in [4.69, 9.17) is 19.7 Å². The van der Waals surface area contributed by atoms with Crippen LogP contribution in [0.2, 0.25) is 0 Å². The minimum Gasteiger partial charge on any atom is -0.493 e. The normalized spacial score (nSPS) is 12.4. The molecule has 2 aromatic heterocycles. The Morgan fingerprint density at radius 1 is 1.12 bits per heavy atom. The number of nitriles is 1. The third kappa shape index (κ3) is 5.16. The molecule has 0 atom stereocenters. The first-order valence-corrected chi connectivity index (χ1v) is 13.5. The van der Waals surface area contributed by atoms with Gasteiger partial charge < -0.3 is 14.8 Å². The van der Waals surface area contributed by atoms with Gasteiger partial charge in [0.15, 0.2) is 22.9 Å². The number of hydrogen-bond donors (Lipinski definition) is 3. The number of amides is 1. The first-order chi connectivity index (χ1) is 19.7. The highest BCUT2D eigenvalue weighted by molar-refractivity contribution is 5.94. The van der Waals surface area contributed by atoms with Crippen LogP contribution in [0.15, 0.2) is 40.1 Å². The molecule has 5 rings (SSSR count). The Kier molecular flexibility index (Phi) is 7.57. The van der Waals surface area contributed by atoms with Crippen LogP contribution in [0.3, 0.4) is 0 Å². The summed E-state index contributed by atoms with van der Waals surface area (Å²) in [5.41, 5.74) is 7.24. The first kappa shape index (κ1) is 27.6. The fourth-order valence-electron chi connectivity index (χ4n) is 5.35. The van der Waals surface area contributed by atoms with Gasteiger partial charge in [0.25, 0.3) is 5.91 Å². The van der Waals surface area contributed by atoms with Crippen molar-refractivity contribution in [2.24, 2.45) is 4.99 Å². The standard InChI is InChI=1S/C30H33N7O4/c1-6-41-25-13-20-7-9-36-23(21(20)14-24(25)40-5)15-26(33-27-18(3)11-17(2)12-19(27)4)37(30(36)39)10-8-32-29(38)28-22(16-31)34-35-28/h11-15,34-35H,6-10H2,1-5H3,(H,32,38). The summed E-state index contributed by atoms with van der Waals surface area (Å²) in [4.78, 5) is 31.5. The van der Waals surface area contributed by atoms with Crippen LogP contribution >= 0.6 is 0 Å². The second-order valence-electron chi connectivity index (χ2n) is 10.0. The Labute approximate surface area is 237 Å². The van der Waals surface area contributed by atoms with Crippen LogP contribution < -0.4 is 26.0 Å². The number of aromatic nitrogens is 4. The van der Waals surface area contributed by atoms with Crippen LogP contribution in [0.1, 0.15) is 45.4 Å². The van der Waals surface area contributed by atoms with Crippen molar-refractivity contribution < 1.29 is 14.3 Å². The number of carbonyl (C=O) groups excluding carboxylic acids is 1. The van der Waals surface area contributed by atoms with Gasteiger partial charge in [-0.05, 0) is 62.9 Å². The van der Waals surface area contributed by atoms with Crippen LogP contribution in [0, 0.1) is 32.1 Å². The van der Waals surface area contributed by atoms with Crippen molar-refractivity contribution in [3.8, 4) is 28.8 Å². The van der Waals surface area contributed by atoms with Crippen molar-refractivity contribution in [2.45, 2.75) is 47.2 Å². The third-order valence-corrected chi connectivity index (χ3v) is 7.25. The van der Waals surface area contributed by atoms with Crippen LogP contribution in [-0.4, -0.2) is 45.5 Å². The highest BCUT2D eigenvalue weighted by Gasteiger charge is 2.23. The number of aryl methyl sites for hydroxylation is 4. The third-order valence-electron chi connectivity index (χ3n) is 7.25. The average molecular weight is 556 g/mol. The molecule has 0 spiro atoms. The second-order valence-corrected chi connectivity index (χ2v) is 10.0. The maximum absolute atomic E-state index is 14.0. The lowest BCUT2D eigenvalue weighted by Crippen LogP contribution is -2.44. The van der Waals surface area contributed by atoms with E-state index in [1.54, 1.807) is 16.2 Å². The van der Waals surface area contributed by atoms with E-state index in [0.717, 1.165) is 39.2 Å². The molecule has 3 N–H and O–H groups in total. The molecule has 2 aromatic carbocycles. The molecule has 11 nitrogen and oxygen atoms in total. The molecule has 1 aliphatic rings. The van der Waals surface area contributed by atoms with Gasteiger partial charge in [-0.1, -0.05) is 17.7 Å². The fraction of sp³-hybridized carbons (Fsp3) is 0.333. The van der Waals surface area contributed by atoms with Crippen molar-refractivity contribution in [2.75, 3.05) is 20.3 Å². The molecule has 0 unspecified atom stereocenters. The highest BCUT2D eigenvalue weighted by Crippen LogP contribution is 2.37. The molecule has 0 bridgehead atoms. The Morgan fingerprint density at radius 3 is 2.51 bits per heavy atom. The first-order valence-electron chi connectivity index (χ1n) is 13.5. The van der Waals surface area contributed by atoms with Crippen LogP contribution in [0.4, 0.5) is 5.69 Å². The smallest absolute Gasteiger partial charge is 0.330 e. The Hall–Kier alpha value is -4.98. The summed E-state index contributed by atoms with van der Waals surface area (Å²) in [5.74, 6) is 0.849. The Morgan fingerprint density at radius 2 is 1.88 bits per heavy atom. The average Bonchev–Trinajstić information content (AvgIpc) is 2.91. The predicted molar refractivity (Wildman–Crippen MR) is 154 cm³/mol. The molecule has 1 amide bonds. The summed E-state index contributed by atoms with van der Waals surface area (Å²) in [6.45, 7) is 9.34. The molecule has 212 valence electrons. The molecule has 11 heteroatoms. The molecule has 0 aliphatic carbocycles. The van der Waals surface area contributed by atoms with Crippen molar-refractivity contribution in [3.63, 3.8) is 0 Å². The zero-order valence-electron chi connectivity index (χ0n) is 23.8. The highest BCUT2D eigenvalue weighted by atomic mass is 16.5. The summed E-state index contributed by atoms with van der Waals surface area (Å²) in [6.07, 6.45) is 0.652. The molecule has 4 aromatic rings. The maximum atomic E-state index is 14.0. The summed E-state index contributed by atoms with van der Waals surface area (Å²) < 4.78 is 14.7. The van der Waals surface area contributed by atoms with Gasteiger partial charge in [-0.25, -0.2) is 9.79 Å². The Balaban J connectivity index is 1.63. The van der Waals surface area contributed by atoms with E-state index in [2.05, 4.69) is 27.6 Å². The summed E-state index contributed by atoms with van der Waals surface area (Å²) >= 11 is 0. The SMILES string of the molecule is CCOc1cc2c(cc1OC)-c1cc(=Nc3c(C)cc(C)cc3C)n(CCNC(=O)c3[nH][nH]c3C#N)c(=O)n1CC2. The number of methoxy groups -OCH3 is 1. The van der Waals surface area contributed by atoms with E-state index >= 15 is 0 Å². The van der Waals surface area contributed by atoms with E-state index in [1.807, 2.05) is 52.0 Å². The summed E-state index contributed by atoms with van der Waals surface area (Å²) in [6, 6.07) is 11.9. The lowest BCUT2D eigenvalue weighted by Gasteiger charge is -2.25. The van der Waals surface area contributed by atoms with E-state index in [-0.39, 0.29) is 30.2 Å². The number of aromatic amines is 2. The number of hydrogen-bond acceptors (Lipinski definition) is 6. The van der Waals surface area contributed by atoms with Crippen molar-refractivity contribution >= 4 is 11.6 Å². The number of carbonyl (C=O) groups is 1. The molecule has 0 saturated carbocycles. The molecule has 41 heavy (non-hydrogen) atoms. The minimum atomic E-state index is -0.422. The van der Waals surface area contributed by atoms with E-state index in [0.29, 0.717) is 36.6 Å². The Bertz CT molecular complexity index is 1790. The van der Waals surface area contributed by atoms with E-state index in [1.165, 1.54) is 0 Å². The van der Waals surface area contributed by atoms with Crippen molar-refractivity contribution in [3.05, 3.63) is 79.9 Å². The number of benzene rings is 2. The van der Waals surface area contributed by atoms with Gasteiger partial charge in [-0.2, -0.15) is 5.26 Å². The second kappa shape index (κ2) is 11.3. The van der Waals surface area contributed by atoms with E-state index < -0.39 is 5.91 Å². The summed E-state index contributed by atoms with van der Waals surface area (Å²) in [5, 5.41) is 17.1. The fourth-order valence-corrected chi connectivity index (χ4v) is 5.35. The number of nitrogens with zero attached hydrogens (tertiary/aromatic N) is 4. The number of ether oxygens (including phenoxy) is 2. The van der Waals surface area contributed by atoms with Crippen LogP contribution in [0.5, 0.6) is 11.5 Å². The number of fused-ring (bicyclic) bond motifs is 3. The van der Waals surface area contributed by atoms with Gasteiger partial charge in [-0.3, -0.25) is 24.1 Å². The number of H-pyrrole nitrogens is 2. The predicted octanol–water partition coefficient (Wildman–Crippen LogP) is 3.40. The molecular formula is C30H33N7O4. The maximum Gasteiger partial charge on any atom is 0.330 e. The van der Waals surface area contributed by atoms with Crippen molar-refractivity contribution in [1.29, 1.82) is 5.26 Å². The number of rotatable bonds is 8. The number of nitrogens with one attached hydrogen (secondary N) is 3. The lowest BCUT2D eigenvalue weighted by molar-refractivity contribution is 0.0942. The zero-order valence-corrected chi connectivity index (χ0v) is 23.8. The topological polar surface area (TPSA) is 142 Å². The van der Waals surface area contributed by atoms with Gasteiger partial charge >= 0.3 is 5.69 Å². The van der Waals surface area contributed by atoms with Gasteiger partial charge in [0, 0.05) is 31.3 Å². The molecule has 0 saturated heterocycles.